The summed E-state index contributed by atoms with van der Waals surface area (Å²) >= 11 is 0. The molecule has 0 bridgehead atoms. The minimum Gasteiger partial charge on any atom is -0.493 e. The topological polar surface area (TPSA) is 130 Å². The second kappa shape index (κ2) is 12.4. The second-order valence-corrected chi connectivity index (χ2v) is 10.3. The van der Waals surface area contributed by atoms with E-state index in [9.17, 15) is 18.8 Å². The lowest BCUT2D eigenvalue weighted by molar-refractivity contribution is 0.102. The number of amides is 1. The van der Waals surface area contributed by atoms with Crippen LogP contribution in [0.15, 0.2) is 88.7 Å². The van der Waals surface area contributed by atoms with Gasteiger partial charge in [0, 0.05) is 40.8 Å². The molecule has 0 saturated carbocycles. The highest BCUT2D eigenvalue weighted by atomic mass is 19.1. The predicted octanol–water partition coefficient (Wildman–Crippen LogP) is 5.44. The number of hydrogen-bond donors (Lipinski definition) is 2. The molecular weight excluding hydrogens is 584 g/mol. The number of nitrogens with zero attached hydrogens (tertiary/aromatic N) is 3. The SMILES string of the molecule is COc1ccc(-c2cnc(N)c(-c3ccc(NC(=O)c4cn(C(C)C)c(=O)n(-c5ccc(F)cc5)c4=O)cc3F)c2)cc1OC. The average Bonchev–Trinajstić information content (AvgIpc) is 3.02. The van der Waals surface area contributed by atoms with Gasteiger partial charge in [-0.3, -0.25) is 14.2 Å². The maximum atomic E-state index is 15.5. The zero-order chi connectivity index (χ0) is 32.4. The summed E-state index contributed by atoms with van der Waals surface area (Å²) in [5.41, 5.74) is 6.13. The van der Waals surface area contributed by atoms with E-state index >= 15 is 4.39 Å². The molecule has 1 amide bonds. The summed E-state index contributed by atoms with van der Waals surface area (Å²) in [6.07, 6.45) is 2.71. The summed E-state index contributed by atoms with van der Waals surface area (Å²) < 4.78 is 41.7. The van der Waals surface area contributed by atoms with E-state index in [0.29, 0.717) is 22.6 Å². The maximum Gasteiger partial charge on any atom is 0.335 e. The lowest BCUT2D eigenvalue weighted by Crippen LogP contribution is -2.42. The quantitative estimate of drug-likeness (QED) is 0.238. The molecule has 230 valence electrons. The van der Waals surface area contributed by atoms with Crippen LogP contribution < -0.4 is 31.8 Å². The van der Waals surface area contributed by atoms with Crippen molar-refractivity contribution in [1.82, 2.24) is 14.1 Å². The van der Waals surface area contributed by atoms with Crippen LogP contribution in [0.2, 0.25) is 0 Å². The minimum atomic E-state index is -0.913. The van der Waals surface area contributed by atoms with E-state index in [-0.39, 0.29) is 28.3 Å². The van der Waals surface area contributed by atoms with Gasteiger partial charge in [0.25, 0.3) is 11.5 Å². The fourth-order valence-corrected chi connectivity index (χ4v) is 4.79. The Bertz CT molecular complexity index is 2040. The van der Waals surface area contributed by atoms with Gasteiger partial charge in [-0.2, -0.15) is 0 Å². The van der Waals surface area contributed by atoms with E-state index in [1.165, 1.54) is 43.1 Å². The lowest BCUT2D eigenvalue weighted by Gasteiger charge is -2.16. The number of nitrogens with one attached hydrogen (secondary N) is 1. The van der Waals surface area contributed by atoms with Gasteiger partial charge in [-0.15, -0.1) is 0 Å². The van der Waals surface area contributed by atoms with Crippen LogP contribution in [0.1, 0.15) is 30.2 Å². The van der Waals surface area contributed by atoms with Crippen LogP contribution in [-0.4, -0.2) is 34.2 Å². The molecule has 0 aliphatic carbocycles. The van der Waals surface area contributed by atoms with Crippen LogP contribution >= 0.6 is 0 Å². The number of anilines is 2. The molecule has 12 heteroatoms. The number of carbonyl (C=O) groups excluding carboxylic acids is 1. The van der Waals surface area contributed by atoms with Gasteiger partial charge in [0.2, 0.25) is 0 Å². The van der Waals surface area contributed by atoms with E-state index < -0.39 is 34.8 Å². The van der Waals surface area contributed by atoms with E-state index in [0.717, 1.165) is 34.5 Å². The molecule has 2 heterocycles. The molecule has 5 aromatic rings. The van der Waals surface area contributed by atoms with E-state index in [1.807, 2.05) is 0 Å². The standard InChI is InChI=1S/C33H29F2N5O5/c1-18(2)39-17-26(32(42)40(33(39)43)23-9-6-21(34)7-10-23)31(41)38-22-8-11-24(27(35)15-22)25-13-20(16-37-30(25)36)19-5-12-28(44-3)29(14-19)45-4/h5-18H,1-4H3,(H2,36,37)(H,38,41). The normalized spacial score (nSPS) is 11.0. The Morgan fingerprint density at radius 2 is 1.60 bits per heavy atom. The van der Waals surface area contributed by atoms with Crippen molar-refractivity contribution in [3.05, 3.63) is 117 Å². The Hall–Kier alpha value is -5.78. The first-order valence-electron chi connectivity index (χ1n) is 13.8. The molecule has 2 aromatic heterocycles. The van der Waals surface area contributed by atoms with Crippen molar-refractivity contribution < 1.29 is 23.0 Å². The molecule has 0 aliphatic rings. The Balaban J connectivity index is 1.48. The summed E-state index contributed by atoms with van der Waals surface area (Å²) in [5, 5.41) is 2.53. The Labute approximate surface area is 256 Å². The molecule has 0 saturated heterocycles. The lowest BCUT2D eigenvalue weighted by atomic mass is 10.00. The molecule has 0 radical (unpaired) electrons. The number of nitrogen functional groups attached to an aromatic ring is 1. The fraction of sp³-hybridized carbons (Fsp3) is 0.152. The number of hydrogen-bond acceptors (Lipinski definition) is 7. The van der Waals surface area contributed by atoms with Crippen LogP contribution in [0.5, 0.6) is 11.5 Å². The van der Waals surface area contributed by atoms with Gasteiger partial charge in [-0.25, -0.2) is 23.1 Å². The van der Waals surface area contributed by atoms with Crippen LogP contribution in [0.25, 0.3) is 27.9 Å². The summed E-state index contributed by atoms with van der Waals surface area (Å²) in [6, 6.07) is 15.3. The molecule has 0 spiro atoms. The first kappa shape index (κ1) is 30.7. The summed E-state index contributed by atoms with van der Waals surface area (Å²) in [6.45, 7) is 3.41. The van der Waals surface area contributed by atoms with Crippen molar-refractivity contribution in [3.8, 4) is 39.4 Å². The number of benzene rings is 3. The Morgan fingerprint density at radius 3 is 2.24 bits per heavy atom. The highest BCUT2D eigenvalue weighted by Crippen LogP contribution is 2.36. The largest absolute Gasteiger partial charge is 0.493 e. The molecule has 10 nitrogen and oxygen atoms in total. The van der Waals surface area contributed by atoms with Crippen LogP contribution in [0, 0.1) is 11.6 Å². The summed E-state index contributed by atoms with van der Waals surface area (Å²) in [4.78, 5) is 44.0. The van der Waals surface area contributed by atoms with Gasteiger partial charge < -0.3 is 20.5 Å². The van der Waals surface area contributed by atoms with Crippen molar-refractivity contribution in [3.63, 3.8) is 0 Å². The Kier molecular flexibility index (Phi) is 8.48. The highest BCUT2D eigenvalue weighted by Gasteiger charge is 2.21. The van der Waals surface area contributed by atoms with Crippen molar-refractivity contribution in [2.24, 2.45) is 0 Å². The highest BCUT2D eigenvalue weighted by molar-refractivity contribution is 6.04. The predicted molar refractivity (Wildman–Crippen MR) is 167 cm³/mol. The number of ether oxygens (including phenoxy) is 2. The monoisotopic (exact) mass is 613 g/mol. The van der Waals surface area contributed by atoms with Crippen molar-refractivity contribution in [1.29, 1.82) is 0 Å². The number of aromatic nitrogens is 3. The second-order valence-electron chi connectivity index (χ2n) is 10.3. The minimum absolute atomic E-state index is 0.0545. The summed E-state index contributed by atoms with van der Waals surface area (Å²) in [5.74, 6) is -0.984. The number of carbonyl (C=O) groups is 1. The van der Waals surface area contributed by atoms with Gasteiger partial charge in [0.15, 0.2) is 11.5 Å². The van der Waals surface area contributed by atoms with Crippen LogP contribution in [0.4, 0.5) is 20.3 Å². The van der Waals surface area contributed by atoms with E-state index in [1.54, 1.807) is 44.3 Å². The number of methoxy groups -OCH3 is 2. The van der Waals surface area contributed by atoms with Gasteiger partial charge in [-0.1, -0.05) is 6.07 Å². The van der Waals surface area contributed by atoms with Crippen molar-refractivity contribution in [2.45, 2.75) is 19.9 Å². The summed E-state index contributed by atoms with van der Waals surface area (Å²) in [7, 11) is 3.05. The maximum absolute atomic E-state index is 15.5. The number of nitrogens with two attached hydrogens (primary N) is 1. The smallest absolute Gasteiger partial charge is 0.335 e. The average molecular weight is 614 g/mol. The van der Waals surface area contributed by atoms with Crippen molar-refractivity contribution >= 4 is 17.4 Å². The molecule has 3 N–H and O–H groups in total. The molecular formula is C33H29F2N5O5. The number of rotatable bonds is 8. The van der Waals surface area contributed by atoms with Crippen molar-refractivity contribution in [2.75, 3.05) is 25.3 Å². The molecule has 0 atom stereocenters. The molecule has 0 aliphatic heterocycles. The van der Waals surface area contributed by atoms with Crippen LogP contribution in [0.3, 0.4) is 0 Å². The van der Waals surface area contributed by atoms with Gasteiger partial charge >= 0.3 is 5.69 Å². The molecule has 5 rings (SSSR count). The zero-order valence-electron chi connectivity index (χ0n) is 24.8. The third-order valence-electron chi connectivity index (χ3n) is 7.15. The van der Waals surface area contributed by atoms with Crippen LogP contribution in [-0.2, 0) is 0 Å². The number of pyridine rings is 1. The third-order valence-corrected chi connectivity index (χ3v) is 7.15. The molecule has 45 heavy (non-hydrogen) atoms. The van der Waals surface area contributed by atoms with E-state index in [4.69, 9.17) is 15.2 Å². The fourth-order valence-electron chi connectivity index (χ4n) is 4.79. The molecule has 0 fully saturated rings. The third kappa shape index (κ3) is 6.03. The molecule has 0 unspecified atom stereocenters. The van der Waals surface area contributed by atoms with Gasteiger partial charge in [0.05, 0.1) is 19.9 Å². The first-order chi connectivity index (χ1) is 21.5. The Morgan fingerprint density at radius 1 is 0.889 bits per heavy atom. The zero-order valence-corrected chi connectivity index (χ0v) is 24.8. The molecule has 3 aromatic carbocycles. The number of halogens is 2. The van der Waals surface area contributed by atoms with Gasteiger partial charge in [-0.05, 0) is 80.1 Å². The van der Waals surface area contributed by atoms with E-state index in [2.05, 4.69) is 10.3 Å². The first-order valence-corrected chi connectivity index (χ1v) is 13.8. The van der Waals surface area contributed by atoms with Gasteiger partial charge in [0.1, 0.15) is 23.0 Å².